The minimum Gasteiger partial charge on any atom is -0.480 e. The van der Waals surface area contributed by atoms with Gasteiger partial charge in [-0.05, 0) is 37.5 Å². The maximum Gasteiger partial charge on any atom is 0.326 e. The van der Waals surface area contributed by atoms with Crippen LogP contribution in [0.5, 0.6) is 0 Å². The number of nitrogens with one attached hydrogen (secondary N) is 1. The van der Waals surface area contributed by atoms with Crippen molar-refractivity contribution in [2.45, 2.75) is 64.3 Å². The van der Waals surface area contributed by atoms with Crippen LogP contribution < -0.4 is 5.32 Å². The molecular formula is C16H28N2O3. The fraction of sp³-hybridized carbons (Fsp3) is 0.875. The van der Waals surface area contributed by atoms with Crippen molar-refractivity contribution in [1.29, 1.82) is 0 Å². The number of likely N-dealkylation sites (tertiary alicyclic amines) is 1. The second kappa shape index (κ2) is 7.66. The van der Waals surface area contributed by atoms with Gasteiger partial charge in [-0.3, -0.25) is 0 Å². The topological polar surface area (TPSA) is 69.6 Å². The van der Waals surface area contributed by atoms with Gasteiger partial charge >= 0.3 is 12.0 Å². The molecule has 1 aliphatic heterocycles. The summed E-state index contributed by atoms with van der Waals surface area (Å²) in [6, 6.07) is -0.846. The molecule has 2 rings (SSSR count). The number of rotatable bonds is 3. The van der Waals surface area contributed by atoms with Gasteiger partial charge in [-0.25, -0.2) is 9.59 Å². The fourth-order valence-electron chi connectivity index (χ4n) is 3.47. The third-order valence-corrected chi connectivity index (χ3v) is 4.98. The molecule has 5 nitrogen and oxygen atoms in total. The van der Waals surface area contributed by atoms with Crippen molar-refractivity contribution in [3.05, 3.63) is 0 Å². The number of amides is 2. The number of hydrogen-bond donors (Lipinski definition) is 2. The number of carboxylic acid groups (broad SMARTS) is 1. The second-order valence-corrected chi connectivity index (χ2v) is 6.71. The smallest absolute Gasteiger partial charge is 0.326 e. The van der Waals surface area contributed by atoms with Gasteiger partial charge in [0.2, 0.25) is 0 Å². The highest BCUT2D eigenvalue weighted by molar-refractivity contribution is 5.82. The van der Waals surface area contributed by atoms with Gasteiger partial charge in [0.15, 0.2) is 0 Å². The first-order chi connectivity index (χ1) is 10.1. The summed E-state index contributed by atoms with van der Waals surface area (Å²) in [7, 11) is 0. The quantitative estimate of drug-likeness (QED) is 0.841. The van der Waals surface area contributed by atoms with E-state index in [1.807, 2.05) is 0 Å². The normalized spacial score (nSPS) is 30.5. The maximum absolute atomic E-state index is 12.3. The summed E-state index contributed by atoms with van der Waals surface area (Å²) in [4.78, 5) is 25.2. The van der Waals surface area contributed by atoms with Gasteiger partial charge in [-0.15, -0.1) is 0 Å². The Kier molecular flexibility index (Phi) is 5.88. The van der Waals surface area contributed by atoms with Crippen molar-refractivity contribution in [1.82, 2.24) is 10.2 Å². The van der Waals surface area contributed by atoms with E-state index in [1.165, 1.54) is 30.6 Å². The van der Waals surface area contributed by atoms with Gasteiger partial charge in [0, 0.05) is 13.1 Å². The van der Waals surface area contributed by atoms with Crippen LogP contribution in [0.1, 0.15) is 58.3 Å². The van der Waals surface area contributed by atoms with Gasteiger partial charge in [-0.1, -0.05) is 32.6 Å². The summed E-state index contributed by atoms with van der Waals surface area (Å²) in [6.45, 7) is 3.53. The van der Waals surface area contributed by atoms with Crippen molar-refractivity contribution >= 4 is 12.0 Å². The van der Waals surface area contributed by atoms with Crippen molar-refractivity contribution in [3.63, 3.8) is 0 Å². The predicted octanol–water partition coefficient (Wildman–Crippen LogP) is 2.85. The highest BCUT2D eigenvalue weighted by atomic mass is 16.4. The van der Waals surface area contributed by atoms with Gasteiger partial charge in [0.05, 0.1) is 0 Å². The molecule has 0 aromatic carbocycles. The lowest BCUT2D eigenvalue weighted by atomic mass is 9.83. The van der Waals surface area contributed by atoms with Crippen LogP contribution in [-0.2, 0) is 4.79 Å². The number of aliphatic carboxylic acids is 1. The molecule has 0 aromatic heterocycles. The Hall–Kier alpha value is -1.26. The van der Waals surface area contributed by atoms with E-state index in [0.717, 1.165) is 25.2 Å². The van der Waals surface area contributed by atoms with Crippen LogP contribution >= 0.6 is 0 Å². The van der Waals surface area contributed by atoms with Gasteiger partial charge in [0.25, 0.3) is 0 Å². The van der Waals surface area contributed by atoms with Gasteiger partial charge < -0.3 is 15.3 Å². The number of urea groups is 1. The van der Waals surface area contributed by atoms with Crippen LogP contribution in [0.25, 0.3) is 0 Å². The van der Waals surface area contributed by atoms with Crippen LogP contribution in [0.3, 0.4) is 0 Å². The molecule has 5 heteroatoms. The SMILES string of the molecule is CC1CCC(CNC(=O)N2CCCCCC2C(=O)O)CC1. The van der Waals surface area contributed by atoms with Crippen molar-refractivity contribution in [2.24, 2.45) is 11.8 Å². The van der Waals surface area contributed by atoms with E-state index in [0.29, 0.717) is 25.4 Å². The maximum atomic E-state index is 12.3. The van der Waals surface area contributed by atoms with E-state index >= 15 is 0 Å². The lowest BCUT2D eigenvalue weighted by molar-refractivity contribution is -0.142. The van der Waals surface area contributed by atoms with Crippen molar-refractivity contribution in [2.75, 3.05) is 13.1 Å². The van der Waals surface area contributed by atoms with Crippen LogP contribution in [0, 0.1) is 11.8 Å². The standard InChI is InChI=1S/C16H28N2O3/c1-12-6-8-13(9-7-12)11-17-16(21)18-10-4-2-3-5-14(18)15(19)20/h12-14H,2-11H2,1H3,(H,17,21)(H,19,20). The average Bonchev–Trinajstić information content (AvgIpc) is 2.72. The zero-order valence-electron chi connectivity index (χ0n) is 13.0. The Labute approximate surface area is 127 Å². The molecule has 2 aliphatic rings. The summed E-state index contributed by atoms with van der Waals surface area (Å²) in [5.74, 6) is 0.484. The highest BCUT2D eigenvalue weighted by Crippen LogP contribution is 2.27. The van der Waals surface area contributed by atoms with E-state index in [9.17, 15) is 14.7 Å². The number of carboxylic acids is 1. The number of carbonyl (C=O) groups is 2. The Morgan fingerprint density at radius 3 is 2.48 bits per heavy atom. The molecule has 0 bridgehead atoms. The van der Waals surface area contributed by atoms with E-state index in [1.54, 1.807) is 0 Å². The number of carbonyl (C=O) groups excluding carboxylic acids is 1. The van der Waals surface area contributed by atoms with E-state index < -0.39 is 12.0 Å². The molecule has 120 valence electrons. The molecule has 1 saturated heterocycles. The molecule has 1 heterocycles. The molecule has 0 radical (unpaired) electrons. The Bertz CT molecular complexity index is 365. The first kappa shape index (κ1) is 16.1. The van der Waals surface area contributed by atoms with Gasteiger partial charge in [-0.2, -0.15) is 0 Å². The molecule has 21 heavy (non-hydrogen) atoms. The minimum atomic E-state index is -0.876. The monoisotopic (exact) mass is 296 g/mol. The molecule has 2 fully saturated rings. The summed E-state index contributed by atoms with van der Waals surface area (Å²) in [5, 5.41) is 12.3. The zero-order valence-corrected chi connectivity index (χ0v) is 13.0. The van der Waals surface area contributed by atoms with Crippen LogP contribution in [0.4, 0.5) is 4.79 Å². The lowest BCUT2D eigenvalue weighted by Gasteiger charge is -2.30. The second-order valence-electron chi connectivity index (χ2n) is 6.71. The molecule has 1 atom stereocenters. The number of hydrogen-bond acceptors (Lipinski definition) is 2. The minimum absolute atomic E-state index is 0.192. The highest BCUT2D eigenvalue weighted by Gasteiger charge is 2.31. The Balaban J connectivity index is 1.84. The summed E-state index contributed by atoms with van der Waals surface area (Å²) < 4.78 is 0. The lowest BCUT2D eigenvalue weighted by Crippen LogP contribution is -2.50. The average molecular weight is 296 g/mol. The van der Waals surface area contributed by atoms with E-state index in [2.05, 4.69) is 12.2 Å². The zero-order chi connectivity index (χ0) is 15.2. The van der Waals surface area contributed by atoms with Gasteiger partial charge in [0.1, 0.15) is 6.04 Å². The van der Waals surface area contributed by atoms with Crippen LogP contribution in [-0.4, -0.2) is 41.1 Å². The molecule has 1 aliphatic carbocycles. The Morgan fingerprint density at radius 2 is 1.81 bits per heavy atom. The largest absolute Gasteiger partial charge is 0.480 e. The van der Waals surface area contributed by atoms with Crippen molar-refractivity contribution < 1.29 is 14.7 Å². The van der Waals surface area contributed by atoms with Crippen LogP contribution in [0.15, 0.2) is 0 Å². The van der Waals surface area contributed by atoms with Crippen molar-refractivity contribution in [3.8, 4) is 0 Å². The molecule has 2 N–H and O–H groups in total. The molecule has 1 unspecified atom stereocenters. The first-order valence-corrected chi connectivity index (χ1v) is 8.35. The summed E-state index contributed by atoms with van der Waals surface area (Å²) in [5.41, 5.74) is 0. The third kappa shape index (κ3) is 4.61. The third-order valence-electron chi connectivity index (χ3n) is 4.98. The first-order valence-electron chi connectivity index (χ1n) is 8.35. The fourth-order valence-corrected chi connectivity index (χ4v) is 3.47. The molecular weight excluding hydrogens is 268 g/mol. The molecule has 1 saturated carbocycles. The van der Waals surface area contributed by atoms with Crippen LogP contribution in [0.2, 0.25) is 0 Å². The summed E-state index contributed by atoms with van der Waals surface area (Å²) in [6.07, 6.45) is 8.19. The molecule has 0 aromatic rings. The summed E-state index contributed by atoms with van der Waals surface area (Å²) >= 11 is 0. The molecule has 0 spiro atoms. The Morgan fingerprint density at radius 1 is 1.10 bits per heavy atom. The predicted molar refractivity (Wildman–Crippen MR) is 81.1 cm³/mol. The van der Waals surface area contributed by atoms with E-state index in [-0.39, 0.29) is 6.03 Å². The van der Waals surface area contributed by atoms with E-state index in [4.69, 9.17) is 0 Å². The molecule has 2 amide bonds. The number of nitrogens with zero attached hydrogens (tertiary/aromatic N) is 1.